The van der Waals surface area contributed by atoms with Gasteiger partial charge in [0, 0.05) is 13.1 Å². The van der Waals surface area contributed by atoms with Gasteiger partial charge in [-0.2, -0.15) is 0 Å². The van der Waals surface area contributed by atoms with E-state index >= 15 is 0 Å². The van der Waals surface area contributed by atoms with Crippen molar-refractivity contribution in [1.82, 2.24) is 4.90 Å². The lowest BCUT2D eigenvalue weighted by atomic mass is 9.76. The molecule has 3 rings (SSSR count). The molecule has 1 amide bonds. The second kappa shape index (κ2) is 3.76. The van der Waals surface area contributed by atoms with Gasteiger partial charge in [0.25, 0.3) is 0 Å². The Morgan fingerprint density at radius 3 is 2.12 bits per heavy atom. The maximum Gasteiger partial charge on any atom is 0.407 e. The summed E-state index contributed by atoms with van der Waals surface area (Å²) in [6.07, 6.45) is 3.52. The van der Waals surface area contributed by atoms with Crippen LogP contribution < -0.4 is 0 Å². The van der Waals surface area contributed by atoms with Crippen LogP contribution in [-0.4, -0.2) is 29.2 Å². The molecule has 3 heteroatoms. The van der Waals surface area contributed by atoms with Crippen molar-refractivity contribution in [3.8, 4) is 0 Å². The summed E-state index contributed by atoms with van der Waals surface area (Å²) in [7, 11) is 0. The Balaban J connectivity index is 1.74. The average Bonchev–Trinajstić information content (AvgIpc) is 2.67. The van der Waals surface area contributed by atoms with E-state index < -0.39 is 6.09 Å². The molecule has 0 aromatic heterocycles. The van der Waals surface area contributed by atoms with Crippen LogP contribution >= 0.6 is 0 Å². The number of likely N-dealkylation sites (tertiary alicyclic amines) is 1. The monoisotopic (exact) mass is 231 g/mol. The Hall–Kier alpha value is -1.51. The maximum atomic E-state index is 10.9. The van der Waals surface area contributed by atoms with E-state index in [0.717, 1.165) is 25.7 Å². The molecule has 1 fully saturated rings. The van der Waals surface area contributed by atoms with Crippen LogP contribution in [0.15, 0.2) is 24.3 Å². The Labute approximate surface area is 101 Å². The molecule has 0 atom stereocenters. The number of rotatable bonds is 0. The molecular weight excluding hydrogens is 214 g/mol. The molecule has 1 aromatic rings. The van der Waals surface area contributed by atoms with Crippen LogP contribution in [0.5, 0.6) is 0 Å². The predicted molar refractivity (Wildman–Crippen MR) is 65.1 cm³/mol. The van der Waals surface area contributed by atoms with Gasteiger partial charge >= 0.3 is 6.09 Å². The molecule has 0 unspecified atom stereocenters. The largest absolute Gasteiger partial charge is 0.465 e. The number of fused-ring (bicyclic) bond motifs is 1. The summed E-state index contributed by atoms with van der Waals surface area (Å²) in [5, 5.41) is 8.97. The van der Waals surface area contributed by atoms with Crippen molar-refractivity contribution in [1.29, 1.82) is 0 Å². The minimum absolute atomic E-state index is 0.343. The van der Waals surface area contributed by atoms with Gasteiger partial charge < -0.3 is 10.0 Å². The SMILES string of the molecule is O=C(O)N1CCC2(CC1)Cc1ccccc1C2. The summed E-state index contributed by atoms with van der Waals surface area (Å²) in [5.41, 5.74) is 3.28. The summed E-state index contributed by atoms with van der Waals surface area (Å²) in [4.78, 5) is 12.5. The summed E-state index contributed by atoms with van der Waals surface area (Å²) < 4.78 is 0. The lowest BCUT2D eigenvalue weighted by Crippen LogP contribution is -2.42. The van der Waals surface area contributed by atoms with Gasteiger partial charge in [0.1, 0.15) is 0 Å². The Bertz CT molecular complexity index is 420. The van der Waals surface area contributed by atoms with Gasteiger partial charge in [-0.25, -0.2) is 4.79 Å². The van der Waals surface area contributed by atoms with E-state index in [4.69, 9.17) is 5.11 Å². The standard InChI is InChI=1S/C14H17NO2/c16-13(17)15-7-5-14(6-8-15)9-11-3-1-2-4-12(11)10-14/h1-4H,5-10H2,(H,16,17). The molecule has 1 aliphatic heterocycles. The third kappa shape index (κ3) is 1.79. The molecule has 1 aliphatic carbocycles. The lowest BCUT2D eigenvalue weighted by Gasteiger charge is -2.38. The third-order valence-electron chi connectivity index (χ3n) is 4.34. The van der Waals surface area contributed by atoms with Crippen LogP contribution in [0.4, 0.5) is 4.79 Å². The van der Waals surface area contributed by atoms with Crippen LogP contribution in [0.2, 0.25) is 0 Å². The molecule has 1 saturated heterocycles. The molecule has 2 aliphatic rings. The van der Waals surface area contributed by atoms with E-state index in [-0.39, 0.29) is 0 Å². The van der Waals surface area contributed by atoms with E-state index in [1.165, 1.54) is 11.1 Å². The van der Waals surface area contributed by atoms with E-state index in [1.807, 2.05) is 0 Å². The normalized spacial score (nSPS) is 21.5. The molecule has 0 bridgehead atoms. The number of benzene rings is 1. The summed E-state index contributed by atoms with van der Waals surface area (Å²) >= 11 is 0. The molecule has 17 heavy (non-hydrogen) atoms. The topological polar surface area (TPSA) is 40.5 Å². The zero-order valence-corrected chi connectivity index (χ0v) is 9.85. The molecule has 1 heterocycles. The first-order valence-electron chi connectivity index (χ1n) is 6.23. The molecule has 1 N–H and O–H groups in total. The first-order valence-corrected chi connectivity index (χ1v) is 6.23. The van der Waals surface area contributed by atoms with E-state index in [9.17, 15) is 4.79 Å². The van der Waals surface area contributed by atoms with Crippen molar-refractivity contribution < 1.29 is 9.90 Å². The number of nitrogens with zero attached hydrogens (tertiary/aromatic N) is 1. The molecule has 1 aromatic carbocycles. The summed E-state index contributed by atoms with van der Waals surface area (Å²) in [6.45, 7) is 1.40. The van der Waals surface area contributed by atoms with Gasteiger partial charge in [0.2, 0.25) is 0 Å². The number of hydrogen-bond donors (Lipinski definition) is 1. The maximum absolute atomic E-state index is 10.9. The van der Waals surface area contributed by atoms with Crippen LogP contribution in [0.1, 0.15) is 24.0 Å². The summed E-state index contributed by atoms with van der Waals surface area (Å²) in [6, 6.07) is 8.63. The Kier molecular flexibility index (Phi) is 2.35. The van der Waals surface area contributed by atoms with Gasteiger partial charge in [-0.05, 0) is 42.2 Å². The highest BCUT2D eigenvalue weighted by Gasteiger charge is 2.40. The van der Waals surface area contributed by atoms with Crippen molar-refractivity contribution in [2.75, 3.05) is 13.1 Å². The van der Waals surface area contributed by atoms with Gasteiger partial charge in [-0.3, -0.25) is 0 Å². The number of hydrogen-bond acceptors (Lipinski definition) is 1. The third-order valence-corrected chi connectivity index (χ3v) is 4.34. The number of amides is 1. The van der Waals surface area contributed by atoms with Gasteiger partial charge in [0.05, 0.1) is 0 Å². The second-order valence-electron chi connectivity index (χ2n) is 5.39. The quantitative estimate of drug-likeness (QED) is 0.745. The molecule has 3 nitrogen and oxygen atoms in total. The number of piperidine rings is 1. The Morgan fingerprint density at radius 2 is 1.65 bits per heavy atom. The smallest absolute Gasteiger partial charge is 0.407 e. The lowest BCUT2D eigenvalue weighted by molar-refractivity contribution is 0.0938. The Morgan fingerprint density at radius 1 is 1.12 bits per heavy atom. The van der Waals surface area contributed by atoms with Crippen molar-refractivity contribution >= 4 is 6.09 Å². The highest BCUT2D eigenvalue weighted by Crippen LogP contribution is 2.44. The van der Waals surface area contributed by atoms with Gasteiger partial charge in [-0.1, -0.05) is 24.3 Å². The predicted octanol–water partition coefficient (Wildman–Crippen LogP) is 2.55. The van der Waals surface area contributed by atoms with Crippen LogP contribution in [0.3, 0.4) is 0 Å². The first kappa shape index (κ1) is 10.6. The zero-order chi connectivity index (χ0) is 11.9. The van der Waals surface area contributed by atoms with Gasteiger partial charge in [0.15, 0.2) is 0 Å². The zero-order valence-electron chi connectivity index (χ0n) is 9.85. The van der Waals surface area contributed by atoms with Crippen LogP contribution in [0.25, 0.3) is 0 Å². The fourth-order valence-corrected chi connectivity index (χ4v) is 3.30. The average molecular weight is 231 g/mol. The minimum Gasteiger partial charge on any atom is -0.465 e. The fourth-order valence-electron chi connectivity index (χ4n) is 3.30. The molecule has 90 valence electrons. The summed E-state index contributed by atoms with van der Waals surface area (Å²) in [5.74, 6) is 0. The van der Waals surface area contributed by atoms with Crippen LogP contribution in [-0.2, 0) is 12.8 Å². The molecule has 0 radical (unpaired) electrons. The van der Waals surface area contributed by atoms with Crippen molar-refractivity contribution in [2.45, 2.75) is 25.7 Å². The van der Waals surface area contributed by atoms with Crippen molar-refractivity contribution in [2.24, 2.45) is 5.41 Å². The minimum atomic E-state index is -0.768. The molecular formula is C14H17NO2. The highest BCUT2D eigenvalue weighted by molar-refractivity contribution is 5.65. The molecule has 0 saturated carbocycles. The van der Waals surface area contributed by atoms with Crippen molar-refractivity contribution in [3.63, 3.8) is 0 Å². The molecule has 1 spiro atoms. The van der Waals surface area contributed by atoms with Crippen molar-refractivity contribution in [3.05, 3.63) is 35.4 Å². The fraction of sp³-hybridized carbons (Fsp3) is 0.500. The number of carboxylic acid groups (broad SMARTS) is 1. The first-order chi connectivity index (χ1) is 8.19. The van der Waals surface area contributed by atoms with Crippen LogP contribution in [0, 0.1) is 5.41 Å². The number of carbonyl (C=O) groups is 1. The second-order valence-corrected chi connectivity index (χ2v) is 5.39. The van der Waals surface area contributed by atoms with E-state index in [2.05, 4.69) is 24.3 Å². The van der Waals surface area contributed by atoms with E-state index in [0.29, 0.717) is 18.5 Å². The van der Waals surface area contributed by atoms with E-state index in [1.54, 1.807) is 4.90 Å². The highest BCUT2D eigenvalue weighted by atomic mass is 16.4. The van der Waals surface area contributed by atoms with Gasteiger partial charge in [-0.15, -0.1) is 0 Å².